The van der Waals surface area contributed by atoms with E-state index in [9.17, 15) is 4.79 Å². The van der Waals surface area contributed by atoms with Crippen LogP contribution in [0.25, 0.3) is 0 Å². The smallest absolute Gasteiger partial charge is 0.306 e. The van der Waals surface area contributed by atoms with Crippen molar-refractivity contribution >= 4 is 5.97 Å². The summed E-state index contributed by atoms with van der Waals surface area (Å²) in [6.07, 6.45) is 1.67. The highest BCUT2D eigenvalue weighted by molar-refractivity contribution is 5.70. The van der Waals surface area contributed by atoms with E-state index < -0.39 is 0 Å². The van der Waals surface area contributed by atoms with E-state index in [2.05, 4.69) is 0 Å². The fourth-order valence-corrected chi connectivity index (χ4v) is 1.28. The van der Waals surface area contributed by atoms with Gasteiger partial charge in [-0.1, -0.05) is 0 Å². The highest BCUT2D eigenvalue weighted by atomic mass is 16.5. The molecule has 2 N–H and O–H groups in total. The molecule has 0 amide bonds. The number of hydrogen-bond donors (Lipinski definition) is 1. The van der Waals surface area contributed by atoms with Gasteiger partial charge in [0.05, 0.1) is 6.61 Å². The number of ether oxygens (including phenoxy) is 1. The van der Waals surface area contributed by atoms with E-state index in [0.29, 0.717) is 31.4 Å². The van der Waals surface area contributed by atoms with E-state index in [0.717, 1.165) is 6.42 Å². The molecule has 1 rings (SSSR count). The van der Waals surface area contributed by atoms with Gasteiger partial charge in [-0.25, -0.2) is 0 Å². The van der Waals surface area contributed by atoms with Crippen LogP contribution in [-0.4, -0.2) is 19.1 Å². The van der Waals surface area contributed by atoms with Gasteiger partial charge in [0, 0.05) is 6.42 Å². The lowest BCUT2D eigenvalue weighted by atomic mass is 10.2. The topological polar surface area (TPSA) is 52.3 Å². The molecule has 0 aromatic heterocycles. The van der Waals surface area contributed by atoms with Gasteiger partial charge in [-0.3, -0.25) is 4.79 Å². The van der Waals surface area contributed by atoms with Crippen molar-refractivity contribution in [3.8, 4) is 0 Å². The Morgan fingerprint density at radius 2 is 2.36 bits per heavy atom. The zero-order valence-corrected chi connectivity index (χ0v) is 6.88. The first-order chi connectivity index (χ1) is 5.27. The molecule has 0 aliphatic heterocycles. The fraction of sp³-hybridized carbons (Fsp3) is 0.875. The largest absolute Gasteiger partial charge is 0.466 e. The van der Waals surface area contributed by atoms with Crippen molar-refractivity contribution in [2.45, 2.75) is 19.8 Å². The van der Waals surface area contributed by atoms with Crippen molar-refractivity contribution in [3.63, 3.8) is 0 Å². The molecule has 1 fully saturated rings. The third-order valence-electron chi connectivity index (χ3n) is 2.11. The Kier molecular flexibility index (Phi) is 2.88. The van der Waals surface area contributed by atoms with Gasteiger partial charge >= 0.3 is 5.97 Å². The van der Waals surface area contributed by atoms with Crippen LogP contribution in [0.15, 0.2) is 0 Å². The zero-order valence-electron chi connectivity index (χ0n) is 6.88. The Balaban J connectivity index is 2.08. The molecule has 1 saturated carbocycles. The van der Waals surface area contributed by atoms with Gasteiger partial charge in [-0.05, 0) is 31.7 Å². The van der Waals surface area contributed by atoms with Crippen LogP contribution in [0.4, 0.5) is 0 Å². The second-order valence-corrected chi connectivity index (χ2v) is 3.00. The summed E-state index contributed by atoms with van der Waals surface area (Å²) in [5.41, 5.74) is 5.42. The van der Waals surface area contributed by atoms with Crippen molar-refractivity contribution in [1.82, 2.24) is 0 Å². The maximum Gasteiger partial charge on any atom is 0.306 e. The van der Waals surface area contributed by atoms with Gasteiger partial charge in [-0.15, -0.1) is 0 Å². The van der Waals surface area contributed by atoms with Crippen LogP contribution >= 0.6 is 0 Å². The molecular formula is C8H15NO2. The van der Waals surface area contributed by atoms with Gasteiger partial charge in [-0.2, -0.15) is 0 Å². The lowest BCUT2D eigenvalue weighted by Gasteiger charge is -1.99. The van der Waals surface area contributed by atoms with Gasteiger partial charge in [0.1, 0.15) is 0 Å². The summed E-state index contributed by atoms with van der Waals surface area (Å²) >= 11 is 0. The molecule has 0 aromatic carbocycles. The Bertz CT molecular complexity index is 147. The molecule has 1 aliphatic carbocycles. The lowest BCUT2D eigenvalue weighted by molar-refractivity contribution is -0.143. The number of carbonyl (C=O) groups excluding carboxylic acids is 1. The molecule has 1 aliphatic rings. The summed E-state index contributed by atoms with van der Waals surface area (Å²) in [5.74, 6) is 1.02. The second-order valence-electron chi connectivity index (χ2n) is 3.00. The zero-order chi connectivity index (χ0) is 8.27. The van der Waals surface area contributed by atoms with E-state index in [1.54, 1.807) is 0 Å². The maximum absolute atomic E-state index is 10.9. The van der Waals surface area contributed by atoms with E-state index in [-0.39, 0.29) is 5.97 Å². The molecule has 0 saturated heterocycles. The number of hydrogen-bond acceptors (Lipinski definition) is 3. The van der Waals surface area contributed by atoms with Crippen LogP contribution < -0.4 is 5.73 Å². The number of rotatable bonds is 4. The van der Waals surface area contributed by atoms with Crippen LogP contribution in [0.5, 0.6) is 0 Å². The molecule has 11 heavy (non-hydrogen) atoms. The SMILES string of the molecule is CCOC(=O)C[C@@H]1C[C@H]1CN. The highest BCUT2D eigenvalue weighted by Crippen LogP contribution is 2.40. The summed E-state index contributed by atoms with van der Waals surface area (Å²) in [5, 5.41) is 0. The lowest BCUT2D eigenvalue weighted by Crippen LogP contribution is -2.08. The minimum atomic E-state index is -0.0755. The fourth-order valence-electron chi connectivity index (χ4n) is 1.28. The minimum absolute atomic E-state index is 0.0755. The van der Waals surface area contributed by atoms with E-state index in [1.165, 1.54) is 0 Å². The van der Waals surface area contributed by atoms with Crippen molar-refractivity contribution < 1.29 is 9.53 Å². The molecule has 3 heteroatoms. The van der Waals surface area contributed by atoms with Crippen molar-refractivity contribution in [2.24, 2.45) is 17.6 Å². The first kappa shape index (κ1) is 8.53. The van der Waals surface area contributed by atoms with Gasteiger partial charge < -0.3 is 10.5 Å². The standard InChI is InChI=1S/C8H15NO2/c1-2-11-8(10)4-6-3-7(6)5-9/h6-7H,2-5,9H2,1H3/t6-,7-/m0/s1. The van der Waals surface area contributed by atoms with Crippen LogP contribution in [0.3, 0.4) is 0 Å². The normalized spacial score (nSPS) is 28.2. The molecule has 0 bridgehead atoms. The van der Waals surface area contributed by atoms with E-state index in [4.69, 9.17) is 10.5 Å². The molecule has 0 spiro atoms. The van der Waals surface area contributed by atoms with Crippen LogP contribution in [-0.2, 0) is 9.53 Å². The van der Waals surface area contributed by atoms with Gasteiger partial charge in [0.2, 0.25) is 0 Å². The van der Waals surface area contributed by atoms with Crippen LogP contribution in [0.2, 0.25) is 0 Å². The van der Waals surface area contributed by atoms with Crippen LogP contribution in [0.1, 0.15) is 19.8 Å². The monoisotopic (exact) mass is 157 g/mol. The first-order valence-electron chi connectivity index (χ1n) is 4.13. The van der Waals surface area contributed by atoms with E-state index in [1.807, 2.05) is 6.92 Å². The van der Waals surface area contributed by atoms with Gasteiger partial charge in [0.25, 0.3) is 0 Å². The van der Waals surface area contributed by atoms with Crippen molar-refractivity contribution in [1.29, 1.82) is 0 Å². The molecular weight excluding hydrogens is 142 g/mol. The Labute approximate surface area is 66.9 Å². The van der Waals surface area contributed by atoms with Gasteiger partial charge in [0.15, 0.2) is 0 Å². The quantitative estimate of drug-likeness (QED) is 0.606. The summed E-state index contributed by atoms with van der Waals surface area (Å²) in [6, 6.07) is 0. The third-order valence-corrected chi connectivity index (χ3v) is 2.11. The van der Waals surface area contributed by atoms with Crippen LogP contribution in [0, 0.1) is 11.8 Å². The second kappa shape index (κ2) is 3.72. The summed E-state index contributed by atoms with van der Waals surface area (Å²) in [7, 11) is 0. The predicted octanol–water partition coefficient (Wildman–Crippen LogP) is 0.534. The molecule has 0 heterocycles. The first-order valence-corrected chi connectivity index (χ1v) is 4.13. The number of carbonyl (C=O) groups is 1. The molecule has 3 nitrogen and oxygen atoms in total. The average Bonchev–Trinajstić information content (AvgIpc) is 2.68. The average molecular weight is 157 g/mol. The third kappa shape index (κ3) is 2.50. The van der Waals surface area contributed by atoms with Crippen molar-refractivity contribution in [3.05, 3.63) is 0 Å². The Morgan fingerprint density at radius 1 is 1.64 bits per heavy atom. The maximum atomic E-state index is 10.9. The van der Waals surface area contributed by atoms with Crippen molar-refractivity contribution in [2.75, 3.05) is 13.2 Å². The number of esters is 1. The molecule has 2 atom stereocenters. The molecule has 0 aromatic rings. The Morgan fingerprint density at radius 3 is 2.82 bits per heavy atom. The number of nitrogens with two attached hydrogens (primary N) is 1. The molecule has 64 valence electrons. The molecule has 0 unspecified atom stereocenters. The van der Waals surface area contributed by atoms with E-state index >= 15 is 0 Å². The highest BCUT2D eigenvalue weighted by Gasteiger charge is 2.37. The molecule has 0 radical (unpaired) electrons. The summed E-state index contributed by atoms with van der Waals surface area (Å²) < 4.78 is 4.81. The minimum Gasteiger partial charge on any atom is -0.466 e. The summed E-state index contributed by atoms with van der Waals surface area (Å²) in [4.78, 5) is 10.9. The summed E-state index contributed by atoms with van der Waals surface area (Å²) in [6.45, 7) is 3.02. The Hall–Kier alpha value is -0.570. The predicted molar refractivity (Wildman–Crippen MR) is 41.9 cm³/mol.